The molecule has 0 amide bonds. The molecular formula is C26H27N5O8S. The Morgan fingerprint density at radius 1 is 0.900 bits per heavy atom. The molecule has 3 heterocycles. The van der Waals surface area contributed by atoms with Crippen LogP contribution in [-0.4, -0.2) is 56.6 Å². The van der Waals surface area contributed by atoms with Gasteiger partial charge in [-0.15, -0.1) is 0 Å². The van der Waals surface area contributed by atoms with E-state index in [2.05, 4.69) is 24.7 Å². The molecule has 13 nitrogen and oxygen atoms in total. The molecule has 14 heteroatoms. The van der Waals surface area contributed by atoms with Crippen LogP contribution >= 0.6 is 0 Å². The summed E-state index contributed by atoms with van der Waals surface area (Å²) in [6.45, 7) is 3.84. The molecule has 40 heavy (non-hydrogen) atoms. The van der Waals surface area contributed by atoms with Crippen LogP contribution in [0.5, 0.6) is 23.1 Å². The average Bonchev–Trinajstić information content (AvgIpc) is 2.89. The van der Waals surface area contributed by atoms with Crippen molar-refractivity contribution in [3.05, 3.63) is 72.7 Å². The molecule has 1 aromatic carbocycles. The summed E-state index contributed by atoms with van der Waals surface area (Å²) in [7, 11) is -2.99. The summed E-state index contributed by atoms with van der Waals surface area (Å²) in [6, 6.07) is 12.1. The van der Waals surface area contributed by atoms with E-state index in [0.717, 1.165) is 19.2 Å². The highest BCUT2D eigenvalue weighted by molar-refractivity contribution is 7.92. The molecule has 0 aliphatic heterocycles. The zero-order valence-corrected chi connectivity index (χ0v) is 22.7. The van der Waals surface area contributed by atoms with Gasteiger partial charge in [-0.1, -0.05) is 12.1 Å². The molecule has 0 spiro atoms. The van der Waals surface area contributed by atoms with Gasteiger partial charge in [0.2, 0.25) is 11.5 Å². The topological polar surface area (TPSA) is 186 Å². The zero-order chi connectivity index (χ0) is 29.1. The molecule has 4 aromatic rings. The molecule has 210 valence electrons. The third-order valence-corrected chi connectivity index (χ3v) is 6.44. The molecule has 4 rings (SSSR count). The van der Waals surface area contributed by atoms with E-state index in [1.54, 1.807) is 36.4 Å². The van der Waals surface area contributed by atoms with Crippen molar-refractivity contribution in [2.75, 3.05) is 11.8 Å². The second kappa shape index (κ2) is 11.0. The fraction of sp³-hybridized carbons (Fsp3) is 0.231. The van der Waals surface area contributed by atoms with Gasteiger partial charge in [-0.25, -0.2) is 9.97 Å². The third-order valence-electron chi connectivity index (χ3n) is 5.19. The van der Waals surface area contributed by atoms with Gasteiger partial charge in [0.15, 0.2) is 34.0 Å². The van der Waals surface area contributed by atoms with Gasteiger partial charge < -0.3 is 29.5 Å². The quantitative estimate of drug-likeness (QED) is 0.205. The molecule has 0 aliphatic rings. The number of pyridine rings is 2. The van der Waals surface area contributed by atoms with Crippen molar-refractivity contribution in [3.63, 3.8) is 0 Å². The van der Waals surface area contributed by atoms with E-state index in [9.17, 15) is 23.7 Å². The smallest absolute Gasteiger partial charge is 0.280 e. The Hall–Kier alpha value is -4.37. The maximum absolute atomic E-state index is 13.4. The van der Waals surface area contributed by atoms with E-state index in [1.807, 2.05) is 0 Å². The Bertz CT molecular complexity index is 1590. The highest BCUT2D eigenvalue weighted by Gasteiger charge is 2.29. The Labute approximate surface area is 230 Å². The molecule has 3 aromatic heterocycles. The fourth-order valence-electron chi connectivity index (χ4n) is 3.34. The predicted octanol–water partition coefficient (Wildman–Crippen LogP) is 2.80. The highest BCUT2D eigenvalue weighted by atomic mass is 32.2. The second-order valence-electron chi connectivity index (χ2n) is 9.08. The van der Waals surface area contributed by atoms with Gasteiger partial charge >= 0.3 is 0 Å². The van der Waals surface area contributed by atoms with Crippen molar-refractivity contribution >= 4 is 15.8 Å². The summed E-state index contributed by atoms with van der Waals surface area (Å²) in [5.74, 6) is -4.33. The number of hydrogen-bond donors (Lipinski definition) is 4. The number of rotatable bonds is 10. The Morgan fingerprint density at radius 2 is 1.57 bits per heavy atom. The van der Waals surface area contributed by atoms with Gasteiger partial charge in [0.1, 0.15) is 0 Å². The van der Waals surface area contributed by atoms with Gasteiger partial charge in [-0.3, -0.25) is 9.71 Å². The van der Waals surface area contributed by atoms with Crippen molar-refractivity contribution in [3.8, 4) is 34.5 Å². The number of methoxy groups -OCH3 is 1. The van der Waals surface area contributed by atoms with Gasteiger partial charge in [-0.05, 0) is 43.3 Å². The maximum atomic E-state index is 13.4. The molecule has 0 saturated heterocycles. The lowest BCUT2D eigenvalue weighted by Gasteiger charge is -2.23. The lowest BCUT2D eigenvalue weighted by atomic mass is 10.1. The molecule has 0 saturated carbocycles. The summed E-state index contributed by atoms with van der Waals surface area (Å²) in [4.78, 5) is 16.6. The number of aromatic nitrogens is 4. The standard InChI is InChI=1S/C26H27N5O8S/c1-25(2,32)39-24-21(38-19-8-6-5-7-18(19)37-4)23(29-22(30-24)16-11-13-27-14-12-16)31-40(35,36)20-10-9-17(15-28-20)26(3,33)34/h5-15,32-34H,1-4H3,(H,29,30,31). The first-order chi connectivity index (χ1) is 18.8. The molecule has 0 unspecified atom stereocenters. The first kappa shape index (κ1) is 28.6. The van der Waals surface area contributed by atoms with Crippen molar-refractivity contribution in [1.82, 2.24) is 19.9 Å². The third kappa shape index (κ3) is 6.79. The molecule has 0 fully saturated rings. The second-order valence-corrected chi connectivity index (χ2v) is 10.7. The van der Waals surface area contributed by atoms with Crippen molar-refractivity contribution in [2.45, 2.75) is 37.4 Å². The van der Waals surface area contributed by atoms with Crippen LogP contribution < -0.4 is 18.9 Å². The van der Waals surface area contributed by atoms with Crippen LogP contribution in [0.2, 0.25) is 0 Å². The zero-order valence-electron chi connectivity index (χ0n) is 21.9. The SMILES string of the molecule is COc1ccccc1Oc1c(NS(=O)(=O)c2ccc(C(C)(O)O)cn2)nc(-c2ccncc2)nc1OC(C)(C)O. The summed E-state index contributed by atoms with van der Waals surface area (Å²) in [5.41, 5.74) is 0.446. The maximum Gasteiger partial charge on any atom is 0.280 e. The van der Waals surface area contributed by atoms with Crippen molar-refractivity contribution < 1.29 is 37.9 Å². The summed E-state index contributed by atoms with van der Waals surface area (Å²) in [6.07, 6.45) is 4.02. The van der Waals surface area contributed by atoms with E-state index in [0.29, 0.717) is 11.3 Å². The molecule has 4 N–H and O–H groups in total. The van der Waals surface area contributed by atoms with E-state index in [-0.39, 0.29) is 34.6 Å². The van der Waals surface area contributed by atoms with Crippen LogP contribution in [0.15, 0.2) is 72.1 Å². The largest absolute Gasteiger partial charge is 0.493 e. The molecule has 0 bridgehead atoms. The molecule has 0 atom stereocenters. The van der Waals surface area contributed by atoms with Gasteiger partial charge in [0.05, 0.1) is 7.11 Å². The predicted molar refractivity (Wildman–Crippen MR) is 142 cm³/mol. The van der Waals surface area contributed by atoms with E-state index >= 15 is 0 Å². The van der Waals surface area contributed by atoms with E-state index in [4.69, 9.17) is 14.2 Å². The number of sulfonamides is 1. The molecular weight excluding hydrogens is 542 g/mol. The Morgan fingerprint density at radius 3 is 2.15 bits per heavy atom. The normalized spacial score (nSPS) is 12.1. The minimum Gasteiger partial charge on any atom is -0.493 e. The van der Waals surface area contributed by atoms with Crippen LogP contribution in [0.25, 0.3) is 11.4 Å². The monoisotopic (exact) mass is 569 g/mol. The first-order valence-corrected chi connectivity index (χ1v) is 13.2. The number of ether oxygens (including phenoxy) is 3. The van der Waals surface area contributed by atoms with Gasteiger partial charge in [-0.2, -0.15) is 13.4 Å². The van der Waals surface area contributed by atoms with Crippen LogP contribution in [-0.2, 0) is 15.8 Å². The molecule has 0 aliphatic carbocycles. The summed E-state index contributed by atoms with van der Waals surface area (Å²) in [5, 5.41) is 29.5. The minimum atomic E-state index is -4.42. The number of benzene rings is 1. The van der Waals surface area contributed by atoms with Gasteiger partial charge in [0, 0.05) is 43.6 Å². The van der Waals surface area contributed by atoms with Gasteiger partial charge in [0.25, 0.3) is 15.9 Å². The lowest BCUT2D eigenvalue weighted by Crippen LogP contribution is -2.28. The number of nitrogens with one attached hydrogen (secondary N) is 1. The van der Waals surface area contributed by atoms with E-state index in [1.165, 1.54) is 39.4 Å². The summed E-state index contributed by atoms with van der Waals surface area (Å²) >= 11 is 0. The van der Waals surface area contributed by atoms with Crippen molar-refractivity contribution in [1.29, 1.82) is 0 Å². The average molecular weight is 570 g/mol. The number of anilines is 1. The van der Waals surface area contributed by atoms with E-state index < -0.39 is 26.6 Å². The highest BCUT2D eigenvalue weighted by Crippen LogP contribution is 2.42. The fourth-order valence-corrected chi connectivity index (χ4v) is 4.28. The van der Waals surface area contributed by atoms with Crippen LogP contribution in [0, 0.1) is 0 Å². The summed E-state index contributed by atoms with van der Waals surface area (Å²) < 4.78 is 46.2. The van der Waals surface area contributed by atoms with Crippen molar-refractivity contribution in [2.24, 2.45) is 0 Å². The van der Waals surface area contributed by atoms with Crippen LogP contribution in [0.1, 0.15) is 26.3 Å². The number of nitrogens with zero attached hydrogens (tertiary/aromatic N) is 4. The molecule has 0 radical (unpaired) electrons. The first-order valence-electron chi connectivity index (χ1n) is 11.8. The number of hydrogen-bond acceptors (Lipinski definition) is 12. The van der Waals surface area contributed by atoms with Crippen LogP contribution in [0.3, 0.4) is 0 Å². The number of aliphatic hydroxyl groups is 3. The lowest BCUT2D eigenvalue weighted by molar-refractivity contribution is -0.152. The number of para-hydroxylation sites is 2. The van der Waals surface area contributed by atoms with Crippen LogP contribution in [0.4, 0.5) is 5.82 Å². The Balaban J connectivity index is 1.89. The Kier molecular flexibility index (Phi) is 7.88. The minimum absolute atomic E-state index is 0.0190.